The van der Waals surface area contributed by atoms with Crippen molar-refractivity contribution in [3.63, 3.8) is 0 Å². The quantitative estimate of drug-likeness (QED) is 0.480. The molecule has 0 amide bonds. The number of halogens is 17. The summed E-state index contributed by atoms with van der Waals surface area (Å²) in [7, 11) is 0. The summed E-state index contributed by atoms with van der Waals surface area (Å²) in [6.45, 7) is -0.671. The minimum Gasteiger partial charge on any atom is -0.331 e. The third kappa shape index (κ3) is 4.27. The summed E-state index contributed by atoms with van der Waals surface area (Å²) in [5, 5.41) is 7.43. The zero-order valence-electron chi connectivity index (χ0n) is 13.8. The molecule has 0 aromatic carbocycles. The molecule has 186 valence electrons. The van der Waals surface area contributed by atoms with Crippen LogP contribution in [0.4, 0.5) is 74.6 Å². The van der Waals surface area contributed by atoms with Crippen LogP contribution in [0.1, 0.15) is 6.92 Å². The average Bonchev–Trinajstić information content (AvgIpc) is 2.53. The summed E-state index contributed by atoms with van der Waals surface area (Å²) in [5.41, 5.74) is 0. The minimum atomic E-state index is -8.61. The smallest absolute Gasteiger partial charge is 0.331 e. The Morgan fingerprint density at radius 3 is 0.935 bits per heavy atom. The molecule has 1 N–H and O–H groups in total. The van der Waals surface area contributed by atoms with Gasteiger partial charge in [-0.25, -0.2) is 4.39 Å². The van der Waals surface area contributed by atoms with Gasteiger partial charge in [-0.05, 0) is 6.92 Å². The van der Waals surface area contributed by atoms with Gasteiger partial charge in [0.15, 0.2) is 6.17 Å². The van der Waals surface area contributed by atoms with Crippen LogP contribution in [-0.4, -0.2) is 65.0 Å². The number of hydrogen-bond acceptors (Lipinski definition) is 3. The van der Waals surface area contributed by atoms with Gasteiger partial charge in [0.05, 0.1) is 0 Å². The van der Waals surface area contributed by atoms with E-state index >= 15 is 0 Å². The molecule has 0 aromatic rings. The van der Waals surface area contributed by atoms with Crippen LogP contribution in [0.25, 0.3) is 0 Å². The van der Waals surface area contributed by atoms with Crippen molar-refractivity contribution in [2.24, 2.45) is 0 Å². The van der Waals surface area contributed by atoms with Crippen LogP contribution in [0, 0.1) is 0 Å². The number of hydrogen-bond donors (Lipinski definition) is 1. The van der Waals surface area contributed by atoms with Crippen molar-refractivity contribution in [3.8, 4) is 0 Å². The summed E-state index contributed by atoms with van der Waals surface area (Å²) in [4.78, 5) is 16.2. The summed E-state index contributed by atoms with van der Waals surface area (Å²) >= 11 is 0. The summed E-state index contributed by atoms with van der Waals surface area (Å²) in [5.74, 6) is -56.9. The normalized spacial score (nSPS) is 16.2. The summed E-state index contributed by atoms with van der Waals surface area (Å²) in [6, 6.07) is 0. The van der Waals surface area contributed by atoms with E-state index in [1.807, 2.05) is 0 Å². The van der Waals surface area contributed by atoms with Crippen LogP contribution in [-0.2, 0) is 9.59 Å². The molecule has 0 fully saturated rings. The maximum atomic E-state index is 13.1. The Bertz CT molecular complexity index is 657. The lowest BCUT2D eigenvalue weighted by Gasteiger charge is -2.43. The lowest BCUT2D eigenvalue weighted by atomic mass is 9.88. The van der Waals surface area contributed by atoms with E-state index in [0.29, 0.717) is 0 Å². The molecule has 0 radical (unpaired) electrons. The Morgan fingerprint density at radius 1 is 0.548 bits per heavy atom. The van der Waals surface area contributed by atoms with E-state index < -0.39 is 60.7 Å². The van der Waals surface area contributed by atoms with Gasteiger partial charge in [0, 0.05) is 0 Å². The average molecular weight is 508 g/mol. The number of carbonyl (C=O) groups excluding carboxylic acids is 2. The third-order valence-electron chi connectivity index (χ3n) is 3.27. The number of aliphatic hydroxyl groups is 1. The van der Waals surface area contributed by atoms with E-state index in [1.54, 1.807) is 0 Å². The van der Waals surface area contributed by atoms with Crippen LogP contribution < -0.4 is 0 Å². The molecule has 3 nitrogen and oxygen atoms in total. The second kappa shape index (κ2) is 8.25. The molecule has 0 aliphatic rings. The standard InChI is InChI=1S/C10H5F17O.CO2/c1-2(11)3(12,13)4(14,15)5(16,17)6(18,19)7(20,21)8(22,23)9(24,25)10(26,27)28;2-1-3/h2,28H,1H3;. The molecule has 1 atom stereocenters. The Morgan fingerprint density at radius 2 is 0.742 bits per heavy atom. The fourth-order valence-corrected chi connectivity index (χ4v) is 1.44. The second-order valence-corrected chi connectivity index (χ2v) is 5.31. The van der Waals surface area contributed by atoms with Gasteiger partial charge in [0.2, 0.25) is 0 Å². The van der Waals surface area contributed by atoms with Crippen LogP contribution in [0.5, 0.6) is 0 Å². The Hall–Kier alpha value is -1.85. The molecule has 0 saturated carbocycles. The molecule has 0 bridgehead atoms. The molecule has 31 heavy (non-hydrogen) atoms. The van der Waals surface area contributed by atoms with E-state index in [9.17, 15) is 74.6 Å². The predicted molar refractivity (Wildman–Crippen MR) is 57.4 cm³/mol. The van der Waals surface area contributed by atoms with Crippen molar-refractivity contribution in [3.05, 3.63) is 0 Å². The molecule has 0 rings (SSSR count). The molecular formula is C11H5F17O3. The van der Waals surface area contributed by atoms with Gasteiger partial charge in [0.1, 0.15) is 0 Å². The summed E-state index contributed by atoms with van der Waals surface area (Å²) in [6.07, 6.45) is -11.5. The summed E-state index contributed by atoms with van der Waals surface area (Å²) < 4.78 is 217. The van der Waals surface area contributed by atoms with Crippen molar-refractivity contribution in [2.45, 2.75) is 60.7 Å². The van der Waals surface area contributed by atoms with E-state index in [2.05, 4.69) is 0 Å². The van der Waals surface area contributed by atoms with Crippen molar-refractivity contribution in [1.82, 2.24) is 0 Å². The lowest BCUT2D eigenvalue weighted by Crippen LogP contribution is -2.75. The Balaban J connectivity index is 0. The van der Waals surface area contributed by atoms with Gasteiger partial charge < -0.3 is 5.11 Å². The number of alkyl halides is 17. The van der Waals surface area contributed by atoms with Crippen LogP contribution in [0.2, 0.25) is 0 Å². The molecule has 0 aromatic heterocycles. The van der Waals surface area contributed by atoms with E-state index in [-0.39, 0.29) is 6.15 Å². The molecular weight excluding hydrogens is 503 g/mol. The van der Waals surface area contributed by atoms with Gasteiger partial charge in [0.25, 0.3) is 0 Å². The topological polar surface area (TPSA) is 54.4 Å². The molecule has 20 heteroatoms. The van der Waals surface area contributed by atoms with Gasteiger partial charge in [-0.1, -0.05) is 0 Å². The second-order valence-electron chi connectivity index (χ2n) is 5.31. The third-order valence-corrected chi connectivity index (χ3v) is 3.27. The maximum Gasteiger partial charge on any atom is 0.423 e. The molecule has 1 unspecified atom stereocenters. The fourth-order valence-electron chi connectivity index (χ4n) is 1.44. The monoisotopic (exact) mass is 508 g/mol. The molecule has 0 heterocycles. The highest BCUT2D eigenvalue weighted by Gasteiger charge is 2.95. The highest BCUT2D eigenvalue weighted by molar-refractivity contribution is 5.20. The van der Waals surface area contributed by atoms with Gasteiger partial charge in [-0.15, -0.1) is 0 Å². The van der Waals surface area contributed by atoms with Crippen molar-refractivity contribution in [2.75, 3.05) is 0 Å². The van der Waals surface area contributed by atoms with Crippen molar-refractivity contribution in [1.29, 1.82) is 0 Å². The lowest BCUT2D eigenvalue weighted by molar-refractivity contribution is -0.470. The van der Waals surface area contributed by atoms with Gasteiger partial charge >= 0.3 is 53.7 Å². The fraction of sp³-hybridized carbons (Fsp3) is 0.909. The Labute approximate surface area is 157 Å². The van der Waals surface area contributed by atoms with Gasteiger partial charge in [-0.3, -0.25) is 0 Å². The number of rotatable bonds is 8. The Kier molecular flexibility index (Phi) is 8.34. The molecule has 0 spiro atoms. The van der Waals surface area contributed by atoms with Crippen LogP contribution in [0.15, 0.2) is 0 Å². The van der Waals surface area contributed by atoms with Crippen LogP contribution in [0.3, 0.4) is 0 Å². The zero-order valence-corrected chi connectivity index (χ0v) is 13.8. The first-order valence-corrected chi connectivity index (χ1v) is 6.49. The van der Waals surface area contributed by atoms with Crippen molar-refractivity contribution >= 4 is 6.15 Å². The zero-order chi connectivity index (χ0) is 26.3. The molecule has 0 aliphatic heterocycles. The van der Waals surface area contributed by atoms with E-state index in [0.717, 1.165) is 0 Å². The highest BCUT2D eigenvalue weighted by Crippen LogP contribution is 2.63. The van der Waals surface area contributed by atoms with Gasteiger partial charge in [-0.2, -0.15) is 79.8 Å². The largest absolute Gasteiger partial charge is 0.423 e. The maximum absolute atomic E-state index is 13.1. The first kappa shape index (κ1) is 31.3. The van der Waals surface area contributed by atoms with Crippen LogP contribution >= 0.6 is 0 Å². The van der Waals surface area contributed by atoms with Crippen molar-refractivity contribution < 1.29 is 89.3 Å². The molecule has 0 saturated heterocycles. The minimum absolute atomic E-state index is 0.250. The predicted octanol–water partition coefficient (Wildman–Crippen LogP) is 4.79. The molecule has 0 aliphatic carbocycles. The SMILES string of the molecule is CC(F)C(F)(F)C(F)(F)C(F)(F)C(F)(F)C(F)(F)C(F)(F)C(F)(F)C(O)(F)F.O=C=O. The highest BCUT2D eigenvalue weighted by atomic mass is 19.4. The van der Waals surface area contributed by atoms with E-state index in [1.165, 1.54) is 0 Å². The van der Waals surface area contributed by atoms with E-state index in [4.69, 9.17) is 14.7 Å². The first-order valence-electron chi connectivity index (χ1n) is 6.49. The first-order chi connectivity index (χ1) is 13.1.